The standard InChI is InChI=1S/C18H13ClF6N4O2/c1-16(17(21,22)7-31-15(26)29-16)14-11(20)3-2-9(28-14)5-12(30)13-10(19)4-8(6-27-13)18(23,24)25/h2-4,6H,5,7H2,1H3,(H2,26,29)/t16-/m1/s1. The lowest BCUT2D eigenvalue weighted by atomic mass is 9.88. The van der Waals surface area contributed by atoms with Crippen molar-refractivity contribution in [3.63, 3.8) is 0 Å². The monoisotopic (exact) mass is 466 g/mol. The first kappa shape index (κ1) is 22.8. The number of nitrogens with zero attached hydrogens (tertiary/aromatic N) is 3. The number of pyridine rings is 2. The van der Waals surface area contributed by atoms with Crippen LogP contribution in [0.3, 0.4) is 0 Å². The molecule has 0 bridgehead atoms. The van der Waals surface area contributed by atoms with E-state index in [-0.39, 0.29) is 5.69 Å². The van der Waals surface area contributed by atoms with Gasteiger partial charge in [-0.15, -0.1) is 0 Å². The van der Waals surface area contributed by atoms with Gasteiger partial charge in [0.05, 0.1) is 17.0 Å². The van der Waals surface area contributed by atoms with E-state index in [0.717, 1.165) is 19.1 Å². The molecule has 1 atom stereocenters. The van der Waals surface area contributed by atoms with Crippen LogP contribution in [-0.2, 0) is 22.9 Å². The summed E-state index contributed by atoms with van der Waals surface area (Å²) in [4.78, 5) is 23.2. The van der Waals surface area contributed by atoms with Crippen molar-refractivity contribution < 1.29 is 35.9 Å². The van der Waals surface area contributed by atoms with Crippen LogP contribution in [0, 0.1) is 5.82 Å². The highest BCUT2D eigenvalue weighted by molar-refractivity contribution is 6.33. The second-order valence-electron chi connectivity index (χ2n) is 6.80. The van der Waals surface area contributed by atoms with Crippen LogP contribution in [0.25, 0.3) is 0 Å². The van der Waals surface area contributed by atoms with E-state index in [2.05, 4.69) is 19.7 Å². The van der Waals surface area contributed by atoms with Crippen LogP contribution in [0.15, 0.2) is 29.4 Å². The number of carbonyl (C=O) groups is 1. The molecule has 0 amide bonds. The number of hydrogen-bond acceptors (Lipinski definition) is 6. The van der Waals surface area contributed by atoms with Gasteiger partial charge in [0.1, 0.15) is 17.2 Å². The van der Waals surface area contributed by atoms with Crippen molar-refractivity contribution in [2.45, 2.75) is 31.0 Å². The van der Waals surface area contributed by atoms with Gasteiger partial charge in [0.25, 0.3) is 6.02 Å². The summed E-state index contributed by atoms with van der Waals surface area (Å²) in [7, 11) is 0. The minimum Gasteiger partial charge on any atom is -0.459 e. The maximum Gasteiger partial charge on any atom is 0.417 e. The molecular formula is C18H13ClF6N4O2. The van der Waals surface area contributed by atoms with E-state index < -0.39 is 70.3 Å². The normalized spacial score (nSPS) is 20.7. The Morgan fingerprint density at radius 1 is 1.32 bits per heavy atom. The van der Waals surface area contributed by atoms with Crippen molar-refractivity contribution in [2.75, 3.05) is 6.61 Å². The zero-order valence-electron chi connectivity index (χ0n) is 15.6. The average Bonchev–Trinajstić information content (AvgIpc) is 2.66. The molecule has 3 heterocycles. The highest BCUT2D eigenvalue weighted by Crippen LogP contribution is 2.43. The fourth-order valence-electron chi connectivity index (χ4n) is 2.83. The Labute approximate surface area is 176 Å². The third-order valence-corrected chi connectivity index (χ3v) is 4.87. The SMILES string of the molecule is C[C@]1(c2nc(CC(=O)c3ncc(C(F)(F)F)cc3Cl)ccc2F)N=C(N)OCC1(F)F. The lowest BCUT2D eigenvalue weighted by Crippen LogP contribution is -2.51. The fraction of sp³-hybridized carbons (Fsp3) is 0.333. The number of aromatic nitrogens is 2. The van der Waals surface area contributed by atoms with Gasteiger partial charge in [0.2, 0.25) is 0 Å². The first-order valence-electron chi connectivity index (χ1n) is 8.52. The lowest BCUT2D eigenvalue weighted by molar-refractivity contribution is -0.137. The Morgan fingerprint density at radius 2 is 2.00 bits per heavy atom. The maximum absolute atomic E-state index is 14.5. The summed E-state index contributed by atoms with van der Waals surface area (Å²) in [6, 6.07) is 1.82. The molecule has 2 aromatic rings. The number of ketones is 1. The van der Waals surface area contributed by atoms with Crippen molar-refractivity contribution in [3.8, 4) is 0 Å². The van der Waals surface area contributed by atoms with Gasteiger partial charge in [-0.3, -0.25) is 14.8 Å². The molecule has 166 valence electrons. The number of hydrogen-bond donors (Lipinski definition) is 1. The van der Waals surface area contributed by atoms with Gasteiger partial charge in [-0.25, -0.2) is 9.38 Å². The Kier molecular flexibility index (Phi) is 5.63. The Bertz CT molecular complexity index is 1080. The van der Waals surface area contributed by atoms with Crippen LogP contribution in [0.4, 0.5) is 26.3 Å². The van der Waals surface area contributed by atoms with Crippen LogP contribution in [0.1, 0.15) is 34.4 Å². The molecule has 0 saturated heterocycles. The first-order chi connectivity index (χ1) is 14.2. The average molecular weight is 467 g/mol. The van der Waals surface area contributed by atoms with Gasteiger partial charge < -0.3 is 10.5 Å². The van der Waals surface area contributed by atoms with Crippen LogP contribution in [0.5, 0.6) is 0 Å². The molecule has 0 aromatic carbocycles. The Hall–Kier alpha value is -2.89. The fourth-order valence-corrected chi connectivity index (χ4v) is 3.11. The number of Topliss-reactive ketones (excluding diaryl/α,β-unsaturated/α-hetero) is 1. The van der Waals surface area contributed by atoms with Crippen molar-refractivity contribution in [2.24, 2.45) is 10.7 Å². The first-order valence-corrected chi connectivity index (χ1v) is 8.90. The molecular weight excluding hydrogens is 454 g/mol. The smallest absolute Gasteiger partial charge is 0.417 e. The molecule has 0 saturated carbocycles. The lowest BCUT2D eigenvalue weighted by Gasteiger charge is -2.36. The van der Waals surface area contributed by atoms with Crippen molar-refractivity contribution in [3.05, 3.63) is 57.9 Å². The van der Waals surface area contributed by atoms with Gasteiger partial charge in [0.15, 0.2) is 17.9 Å². The molecule has 0 spiro atoms. The van der Waals surface area contributed by atoms with Crippen LogP contribution < -0.4 is 5.73 Å². The molecule has 2 aromatic heterocycles. The zero-order chi connectivity index (χ0) is 23.2. The van der Waals surface area contributed by atoms with E-state index in [9.17, 15) is 31.1 Å². The summed E-state index contributed by atoms with van der Waals surface area (Å²) in [5, 5.41) is -0.553. The van der Waals surface area contributed by atoms with Crippen molar-refractivity contribution in [1.29, 1.82) is 0 Å². The summed E-state index contributed by atoms with van der Waals surface area (Å²) < 4.78 is 86.0. The number of ether oxygens (including phenoxy) is 1. The van der Waals surface area contributed by atoms with E-state index in [1.165, 1.54) is 0 Å². The number of halogens is 7. The van der Waals surface area contributed by atoms with Gasteiger partial charge in [-0.05, 0) is 25.1 Å². The quantitative estimate of drug-likeness (QED) is 0.545. The number of rotatable bonds is 4. The number of amidine groups is 1. The van der Waals surface area contributed by atoms with E-state index in [0.29, 0.717) is 12.3 Å². The van der Waals surface area contributed by atoms with E-state index in [1.54, 1.807) is 0 Å². The maximum atomic E-state index is 14.5. The van der Waals surface area contributed by atoms with E-state index >= 15 is 0 Å². The second kappa shape index (κ2) is 7.66. The van der Waals surface area contributed by atoms with Crippen molar-refractivity contribution in [1.82, 2.24) is 9.97 Å². The van der Waals surface area contributed by atoms with Crippen LogP contribution >= 0.6 is 11.6 Å². The highest BCUT2D eigenvalue weighted by atomic mass is 35.5. The summed E-state index contributed by atoms with van der Waals surface area (Å²) in [5.41, 5.74) is 0.285. The highest BCUT2D eigenvalue weighted by Gasteiger charge is 2.57. The molecule has 0 aliphatic carbocycles. The molecule has 0 radical (unpaired) electrons. The zero-order valence-corrected chi connectivity index (χ0v) is 16.4. The third-order valence-electron chi connectivity index (χ3n) is 4.59. The summed E-state index contributed by atoms with van der Waals surface area (Å²) in [6.45, 7) is -0.248. The Balaban J connectivity index is 1.94. The molecule has 0 fully saturated rings. The minimum atomic E-state index is -4.71. The van der Waals surface area contributed by atoms with Crippen LogP contribution in [0.2, 0.25) is 5.02 Å². The molecule has 6 nitrogen and oxygen atoms in total. The summed E-state index contributed by atoms with van der Waals surface area (Å²) >= 11 is 5.74. The van der Waals surface area contributed by atoms with E-state index in [4.69, 9.17) is 17.3 Å². The molecule has 3 rings (SSSR count). The van der Waals surface area contributed by atoms with Gasteiger partial charge in [-0.1, -0.05) is 11.6 Å². The van der Waals surface area contributed by atoms with Crippen molar-refractivity contribution >= 4 is 23.4 Å². The number of nitrogens with two attached hydrogens (primary N) is 1. The molecule has 1 aliphatic heterocycles. The van der Waals surface area contributed by atoms with Crippen LogP contribution in [-0.4, -0.2) is 34.3 Å². The number of aliphatic imine (C=N–C) groups is 1. The molecule has 31 heavy (non-hydrogen) atoms. The number of carbonyl (C=O) groups excluding carboxylic acids is 1. The summed E-state index contributed by atoms with van der Waals surface area (Å²) in [6.07, 6.45) is -4.87. The van der Waals surface area contributed by atoms with Gasteiger partial charge in [-0.2, -0.15) is 22.0 Å². The molecule has 0 unspecified atom stereocenters. The summed E-state index contributed by atoms with van der Waals surface area (Å²) in [5.74, 6) is -5.65. The molecule has 1 aliphatic rings. The van der Waals surface area contributed by atoms with Gasteiger partial charge in [0, 0.05) is 11.9 Å². The Morgan fingerprint density at radius 3 is 2.61 bits per heavy atom. The minimum absolute atomic E-state index is 0.156. The molecule has 2 N–H and O–H groups in total. The second-order valence-corrected chi connectivity index (χ2v) is 7.21. The molecule has 13 heteroatoms. The topological polar surface area (TPSA) is 90.5 Å². The predicted molar refractivity (Wildman–Crippen MR) is 96.4 cm³/mol. The largest absolute Gasteiger partial charge is 0.459 e. The predicted octanol–water partition coefficient (Wildman–Crippen LogP) is 3.91. The van der Waals surface area contributed by atoms with Gasteiger partial charge >= 0.3 is 12.1 Å². The third kappa shape index (κ3) is 4.29. The van der Waals surface area contributed by atoms with E-state index in [1.807, 2.05) is 0 Å². The number of alkyl halides is 5.